The average Bonchev–Trinajstić information content (AvgIpc) is 2.83. The van der Waals surface area contributed by atoms with Gasteiger partial charge < -0.3 is 43.2 Å². The van der Waals surface area contributed by atoms with E-state index in [0.29, 0.717) is 0 Å². The zero-order chi connectivity index (χ0) is 30.8. The van der Waals surface area contributed by atoms with Gasteiger partial charge in [0.05, 0.1) is 13.7 Å². The molecule has 40 heavy (non-hydrogen) atoms. The lowest BCUT2D eigenvalue weighted by atomic mass is 9.86. The summed E-state index contributed by atoms with van der Waals surface area (Å²) in [5, 5.41) is 2.20. The summed E-state index contributed by atoms with van der Waals surface area (Å²) in [5.41, 5.74) is 0. The molecule has 1 rings (SSSR count). The van der Waals surface area contributed by atoms with Crippen LogP contribution in [0.25, 0.3) is 0 Å². The van der Waals surface area contributed by atoms with Crippen LogP contribution in [0.15, 0.2) is 0 Å². The van der Waals surface area contributed by atoms with Gasteiger partial charge in [-0.25, -0.2) is 14.0 Å². The van der Waals surface area contributed by atoms with E-state index in [-0.39, 0.29) is 6.61 Å². The number of nitrogens with one attached hydrogen (secondary N) is 1. The fourth-order valence-electron chi connectivity index (χ4n) is 3.79. The summed E-state index contributed by atoms with van der Waals surface area (Å²) in [5.74, 6) is -10.2. The number of alkyl carbamates (subject to hydrolysis) is 1. The molecule has 0 aromatic rings. The summed E-state index contributed by atoms with van der Waals surface area (Å²) in [7, 11) is 0.800. The Kier molecular flexibility index (Phi) is 12.7. The fraction of sp³-hybridized carbons (Fsp3) is 0.696. The van der Waals surface area contributed by atoms with E-state index in [9.17, 15) is 33.6 Å². The topological polar surface area (TPSA) is 205 Å². The predicted octanol–water partition coefficient (Wildman–Crippen LogP) is -0.371. The molecule has 0 aromatic heterocycles. The van der Waals surface area contributed by atoms with Crippen molar-refractivity contribution >= 4 is 41.9 Å². The van der Waals surface area contributed by atoms with Gasteiger partial charge in [-0.2, -0.15) is 0 Å². The van der Waals surface area contributed by atoms with E-state index in [2.05, 4.69) is 10.1 Å². The van der Waals surface area contributed by atoms with Crippen molar-refractivity contribution in [2.75, 3.05) is 20.3 Å². The fourth-order valence-corrected chi connectivity index (χ4v) is 3.79. The summed E-state index contributed by atoms with van der Waals surface area (Å²) < 4.78 is 56.5. The highest BCUT2D eigenvalue weighted by molar-refractivity contribution is 5.83. The summed E-state index contributed by atoms with van der Waals surface area (Å²) in [6.45, 7) is 5.06. The van der Waals surface area contributed by atoms with Gasteiger partial charge in [0, 0.05) is 34.6 Å². The maximum Gasteiger partial charge on any atom is 0.407 e. The second-order valence-corrected chi connectivity index (χ2v) is 8.23. The minimum Gasteiger partial charge on any atom is -0.464 e. The molecule has 1 amide bonds. The molecule has 16 nitrogen and oxygen atoms in total. The maximum absolute atomic E-state index is 16.1. The van der Waals surface area contributed by atoms with Gasteiger partial charge in [-0.1, -0.05) is 0 Å². The van der Waals surface area contributed by atoms with Crippen LogP contribution in [0.5, 0.6) is 0 Å². The van der Waals surface area contributed by atoms with Gasteiger partial charge in [-0.05, 0) is 6.92 Å². The van der Waals surface area contributed by atoms with Crippen LogP contribution in [0.3, 0.4) is 0 Å². The average molecular weight is 581 g/mol. The van der Waals surface area contributed by atoms with Crippen LogP contribution < -0.4 is 5.32 Å². The van der Waals surface area contributed by atoms with Crippen LogP contribution in [0.4, 0.5) is 9.18 Å². The minimum atomic E-state index is -3.29. The number of ether oxygens (including phenoxy) is 8. The number of halogens is 1. The zero-order valence-corrected chi connectivity index (χ0v) is 22.9. The molecular weight excluding hydrogens is 549 g/mol. The molecule has 0 radical (unpaired) electrons. The van der Waals surface area contributed by atoms with Gasteiger partial charge in [-0.15, -0.1) is 0 Å². The van der Waals surface area contributed by atoms with E-state index in [1.54, 1.807) is 0 Å². The smallest absolute Gasteiger partial charge is 0.407 e. The highest BCUT2D eigenvalue weighted by Crippen LogP contribution is 2.39. The van der Waals surface area contributed by atoms with Crippen molar-refractivity contribution in [3.05, 3.63) is 0 Å². The molecule has 1 fully saturated rings. The van der Waals surface area contributed by atoms with Crippen molar-refractivity contribution in [3.63, 3.8) is 0 Å². The number of hydrogen-bond acceptors (Lipinski definition) is 15. The van der Waals surface area contributed by atoms with Crippen molar-refractivity contribution in [1.82, 2.24) is 5.32 Å². The maximum atomic E-state index is 16.1. The van der Waals surface area contributed by atoms with E-state index >= 15 is 4.39 Å². The molecule has 0 aromatic carbocycles. The molecule has 0 spiro atoms. The molecule has 0 aliphatic carbocycles. The van der Waals surface area contributed by atoms with E-state index in [1.807, 2.05) is 0 Å². The van der Waals surface area contributed by atoms with Crippen LogP contribution in [0, 0.1) is 0 Å². The number of methoxy groups -OCH3 is 1. The number of carbonyl (C=O) groups is 7. The Morgan fingerprint density at radius 2 is 1.48 bits per heavy atom. The summed E-state index contributed by atoms with van der Waals surface area (Å²) >= 11 is 0. The monoisotopic (exact) mass is 581 g/mol. The Morgan fingerprint density at radius 1 is 0.875 bits per heavy atom. The molecule has 1 unspecified atom stereocenters. The van der Waals surface area contributed by atoms with Crippen molar-refractivity contribution < 1.29 is 75.8 Å². The van der Waals surface area contributed by atoms with Crippen LogP contribution in [-0.4, -0.2) is 105 Å². The second kappa shape index (κ2) is 14.9. The number of rotatable bonds is 11. The first kappa shape index (κ1) is 34.0. The molecule has 1 saturated heterocycles. The summed E-state index contributed by atoms with van der Waals surface area (Å²) in [4.78, 5) is 84.8. The van der Waals surface area contributed by atoms with E-state index < -0.39 is 90.9 Å². The Morgan fingerprint density at radius 3 is 1.93 bits per heavy atom. The van der Waals surface area contributed by atoms with Crippen LogP contribution in [0.2, 0.25) is 0 Å². The third kappa shape index (κ3) is 9.03. The molecule has 1 N–H and O–H groups in total. The van der Waals surface area contributed by atoms with Crippen molar-refractivity contribution in [3.8, 4) is 0 Å². The second-order valence-electron chi connectivity index (χ2n) is 8.23. The van der Waals surface area contributed by atoms with Crippen LogP contribution in [-0.2, 0) is 66.7 Å². The van der Waals surface area contributed by atoms with Crippen LogP contribution in [0.1, 0.15) is 41.5 Å². The first-order chi connectivity index (χ1) is 18.6. The largest absolute Gasteiger partial charge is 0.464 e. The van der Waals surface area contributed by atoms with Gasteiger partial charge in [-0.3, -0.25) is 24.0 Å². The van der Waals surface area contributed by atoms with Gasteiger partial charge in [0.2, 0.25) is 6.17 Å². The van der Waals surface area contributed by atoms with Gasteiger partial charge in [0.25, 0.3) is 0 Å². The molecule has 226 valence electrons. The first-order valence-electron chi connectivity index (χ1n) is 11.8. The van der Waals surface area contributed by atoms with Gasteiger partial charge >= 0.3 is 47.7 Å². The molecule has 0 bridgehead atoms. The third-order valence-corrected chi connectivity index (χ3v) is 5.06. The molecular formula is C23H32FNO15. The number of alkyl halides is 1. The van der Waals surface area contributed by atoms with Crippen molar-refractivity contribution in [1.29, 1.82) is 0 Å². The Labute approximate surface area is 228 Å². The number of amides is 1. The van der Waals surface area contributed by atoms with Crippen molar-refractivity contribution in [2.45, 2.75) is 84.0 Å². The van der Waals surface area contributed by atoms with Gasteiger partial charge in [0.15, 0.2) is 18.3 Å². The third-order valence-electron chi connectivity index (χ3n) is 5.06. The van der Waals surface area contributed by atoms with E-state index in [4.69, 9.17) is 33.2 Å². The summed E-state index contributed by atoms with van der Waals surface area (Å²) in [6.07, 6.45) is -11.9. The SMILES string of the molecule is CCOC(=O)N[C@H]1[C@H]([C@H](OC(C)=O)[C@@H](COC(C)=O)OC(C)=O)OC(OC(C)=O)(C(=O)OC)[C@H](F)[C@@H]1OC(C)=O. The van der Waals surface area contributed by atoms with Crippen molar-refractivity contribution in [2.24, 2.45) is 0 Å². The Bertz CT molecular complexity index is 987. The van der Waals surface area contributed by atoms with Crippen LogP contribution >= 0.6 is 0 Å². The normalized spacial score (nSPS) is 25.2. The standard InChI is InChI=1S/C23H32FNO15/c1-8-34-22(32)25-16-18(17(37-12(4)28)15(36-11(3)27)9-35-10(2)26)40-23(21(31)33-7,39-14(6)30)20(24)19(16)38-13(5)29/h15-20H,8-9H2,1-7H3,(H,25,32)/t15-,16+,17-,18-,19-,20-,23?/m1/s1. The molecule has 1 heterocycles. The van der Waals surface area contributed by atoms with E-state index in [0.717, 1.165) is 41.7 Å². The Balaban J connectivity index is 3.98. The Hall–Kier alpha value is -4.02. The highest BCUT2D eigenvalue weighted by atomic mass is 19.1. The van der Waals surface area contributed by atoms with Gasteiger partial charge in [0.1, 0.15) is 18.8 Å². The molecule has 1 aliphatic heterocycles. The summed E-state index contributed by atoms with van der Waals surface area (Å²) in [6, 6.07) is -1.87. The lowest BCUT2D eigenvalue weighted by molar-refractivity contribution is -0.326. The first-order valence-corrected chi connectivity index (χ1v) is 11.8. The quantitative estimate of drug-likeness (QED) is 0.244. The van der Waals surface area contributed by atoms with E-state index in [1.165, 1.54) is 6.92 Å². The predicted molar refractivity (Wildman–Crippen MR) is 124 cm³/mol. The number of carbonyl (C=O) groups excluding carboxylic acids is 7. The number of esters is 6. The zero-order valence-electron chi connectivity index (χ0n) is 22.9. The number of hydrogen-bond donors (Lipinski definition) is 1. The molecule has 0 saturated carbocycles. The molecule has 1 aliphatic rings. The minimum absolute atomic E-state index is 0.170. The molecule has 17 heteroatoms. The lowest BCUT2D eigenvalue weighted by Gasteiger charge is -2.49. The highest BCUT2D eigenvalue weighted by Gasteiger charge is 2.67. The lowest BCUT2D eigenvalue weighted by Crippen LogP contribution is -2.74. The molecule has 7 atom stereocenters.